The minimum absolute atomic E-state index is 0.216. The standard InChI is InChI=1S/C20H21ClN2O3S2/c1-20(28(25,26)23(2)3)11-10-16(22-19(24)18-5-4-12-27-18)13-17(20)14-6-8-15(21)9-7-14/h4-10,12-13H,11H2,1-3H3,(H,22,24). The lowest BCUT2D eigenvalue weighted by Crippen LogP contribution is -2.45. The molecule has 0 saturated heterocycles. The van der Waals surface area contributed by atoms with E-state index in [2.05, 4.69) is 5.32 Å². The highest BCUT2D eigenvalue weighted by Crippen LogP contribution is 2.42. The number of carbonyl (C=O) groups is 1. The first-order chi connectivity index (χ1) is 13.1. The number of rotatable bonds is 5. The summed E-state index contributed by atoms with van der Waals surface area (Å²) in [7, 11) is -0.574. The number of nitrogens with zero attached hydrogens (tertiary/aromatic N) is 1. The molecule has 2 aromatic rings. The monoisotopic (exact) mass is 436 g/mol. The number of halogens is 1. The number of carbonyl (C=O) groups excluding carboxylic acids is 1. The summed E-state index contributed by atoms with van der Waals surface area (Å²) in [6.07, 6.45) is 3.73. The summed E-state index contributed by atoms with van der Waals surface area (Å²) in [5.74, 6) is -0.216. The summed E-state index contributed by atoms with van der Waals surface area (Å²) < 4.78 is 26.3. The molecule has 1 aliphatic carbocycles. The van der Waals surface area contributed by atoms with Gasteiger partial charge >= 0.3 is 0 Å². The Hall–Kier alpha value is -1.93. The predicted molar refractivity (Wildman–Crippen MR) is 115 cm³/mol. The molecule has 1 unspecified atom stereocenters. The van der Waals surface area contributed by atoms with Gasteiger partial charge in [-0.05, 0) is 54.1 Å². The molecule has 0 radical (unpaired) electrons. The number of allylic oxidation sites excluding steroid dienone is 2. The fourth-order valence-electron chi connectivity index (χ4n) is 3.13. The van der Waals surface area contributed by atoms with Crippen LogP contribution in [0, 0.1) is 0 Å². The van der Waals surface area contributed by atoms with E-state index in [1.165, 1.54) is 29.7 Å². The zero-order chi connectivity index (χ0) is 20.5. The first-order valence-electron chi connectivity index (χ1n) is 8.60. The fourth-order valence-corrected chi connectivity index (χ4v) is 5.43. The lowest BCUT2D eigenvalue weighted by molar-refractivity contribution is 0.0971. The first kappa shape index (κ1) is 20.8. The van der Waals surface area contributed by atoms with Crippen LogP contribution in [-0.4, -0.2) is 37.5 Å². The third-order valence-electron chi connectivity index (χ3n) is 4.79. The van der Waals surface area contributed by atoms with E-state index < -0.39 is 14.8 Å². The third-order valence-corrected chi connectivity index (χ3v) is 8.40. The van der Waals surface area contributed by atoms with Crippen LogP contribution in [0.3, 0.4) is 0 Å². The molecule has 0 spiro atoms. The van der Waals surface area contributed by atoms with Gasteiger partial charge in [0.25, 0.3) is 5.91 Å². The summed E-state index contributed by atoms with van der Waals surface area (Å²) in [5.41, 5.74) is 1.94. The van der Waals surface area contributed by atoms with E-state index in [1.807, 2.05) is 11.4 Å². The van der Waals surface area contributed by atoms with E-state index >= 15 is 0 Å². The lowest BCUT2D eigenvalue weighted by atomic mass is 9.86. The molecule has 0 aliphatic heterocycles. The Balaban J connectivity index is 2.04. The van der Waals surface area contributed by atoms with Crippen LogP contribution >= 0.6 is 22.9 Å². The summed E-state index contributed by atoms with van der Waals surface area (Å²) in [4.78, 5) is 13.0. The number of sulfonamides is 1. The van der Waals surface area contributed by atoms with Crippen molar-refractivity contribution < 1.29 is 13.2 Å². The molecule has 1 aromatic heterocycles. The van der Waals surface area contributed by atoms with Gasteiger partial charge in [0.05, 0.1) is 4.88 Å². The number of hydrogen-bond donors (Lipinski definition) is 1. The first-order valence-corrected chi connectivity index (χ1v) is 11.3. The summed E-state index contributed by atoms with van der Waals surface area (Å²) in [6, 6.07) is 10.6. The molecule has 0 saturated carbocycles. The van der Waals surface area contributed by atoms with Crippen molar-refractivity contribution in [2.75, 3.05) is 14.1 Å². The molecule has 5 nitrogen and oxygen atoms in total. The predicted octanol–water partition coefficient (Wildman–Crippen LogP) is 4.15. The molecule has 1 heterocycles. The van der Waals surface area contributed by atoms with Gasteiger partial charge in [0.2, 0.25) is 10.0 Å². The second kappa shape index (κ2) is 7.83. The van der Waals surface area contributed by atoms with Gasteiger partial charge in [-0.1, -0.05) is 35.9 Å². The van der Waals surface area contributed by atoms with Crippen LogP contribution in [0.15, 0.2) is 59.6 Å². The van der Waals surface area contributed by atoms with Gasteiger partial charge in [-0.25, -0.2) is 12.7 Å². The lowest BCUT2D eigenvalue weighted by Gasteiger charge is -2.36. The Labute approximate surface area is 174 Å². The second-order valence-electron chi connectivity index (χ2n) is 6.88. The van der Waals surface area contributed by atoms with Crippen LogP contribution in [-0.2, 0) is 10.0 Å². The molecular weight excluding hydrogens is 416 g/mol. The van der Waals surface area contributed by atoms with Crippen molar-refractivity contribution in [3.8, 4) is 0 Å². The third kappa shape index (κ3) is 3.80. The van der Waals surface area contributed by atoms with Crippen molar-refractivity contribution in [1.82, 2.24) is 9.62 Å². The smallest absolute Gasteiger partial charge is 0.265 e. The van der Waals surface area contributed by atoms with E-state index in [4.69, 9.17) is 11.6 Å². The van der Waals surface area contributed by atoms with Crippen molar-refractivity contribution >= 4 is 44.4 Å². The van der Waals surface area contributed by atoms with Gasteiger partial charge in [-0.3, -0.25) is 4.79 Å². The number of nitrogens with one attached hydrogen (secondary N) is 1. The van der Waals surface area contributed by atoms with E-state index in [0.717, 1.165) is 5.56 Å². The molecule has 1 aliphatic rings. The van der Waals surface area contributed by atoms with Gasteiger partial charge in [-0.2, -0.15) is 0 Å². The Morgan fingerprint density at radius 3 is 2.46 bits per heavy atom. The van der Waals surface area contributed by atoms with Gasteiger partial charge in [0.15, 0.2) is 0 Å². The molecule has 1 N–H and O–H groups in total. The zero-order valence-electron chi connectivity index (χ0n) is 15.8. The molecule has 1 amide bonds. The Bertz CT molecular complexity index is 1040. The fraction of sp³-hybridized carbons (Fsp3) is 0.250. The van der Waals surface area contributed by atoms with Gasteiger partial charge in [0, 0.05) is 24.8 Å². The quantitative estimate of drug-likeness (QED) is 0.765. The van der Waals surface area contributed by atoms with Crippen molar-refractivity contribution in [1.29, 1.82) is 0 Å². The van der Waals surface area contributed by atoms with E-state index in [1.54, 1.807) is 49.4 Å². The highest BCUT2D eigenvalue weighted by atomic mass is 35.5. The molecular formula is C20H21ClN2O3S2. The van der Waals surface area contributed by atoms with Gasteiger partial charge in [0.1, 0.15) is 4.75 Å². The van der Waals surface area contributed by atoms with Gasteiger partial charge < -0.3 is 5.32 Å². The Morgan fingerprint density at radius 1 is 1.21 bits per heavy atom. The normalized spacial score (nSPS) is 19.9. The van der Waals surface area contributed by atoms with Crippen LogP contribution in [0.4, 0.5) is 0 Å². The maximum atomic E-state index is 13.1. The average molecular weight is 437 g/mol. The Kier molecular flexibility index (Phi) is 5.82. The molecule has 0 fully saturated rings. The van der Waals surface area contributed by atoms with Crippen LogP contribution in [0.2, 0.25) is 5.02 Å². The molecule has 1 aromatic carbocycles. The van der Waals surface area contributed by atoms with Crippen molar-refractivity contribution in [2.45, 2.75) is 18.1 Å². The maximum Gasteiger partial charge on any atom is 0.265 e. The SMILES string of the molecule is CN(C)S(=O)(=O)C1(C)CC=C(NC(=O)c2cccs2)C=C1c1ccc(Cl)cc1. The van der Waals surface area contributed by atoms with Crippen LogP contribution < -0.4 is 5.32 Å². The number of thiophene rings is 1. The molecule has 1 atom stereocenters. The van der Waals surface area contributed by atoms with Crippen molar-refractivity contribution in [2.24, 2.45) is 0 Å². The number of amides is 1. The largest absolute Gasteiger partial charge is 0.322 e. The second-order valence-corrected chi connectivity index (χ2v) is 10.8. The zero-order valence-corrected chi connectivity index (χ0v) is 18.2. The van der Waals surface area contributed by atoms with E-state index in [0.29, 0.717) is 21.2 Å². The Morgan fingerprint density at radius 2 is 1.89 bits per heavy atom. The summed E-state index contributed by atoms with van der Waals surface area (Å²) >= 11 is 7.35. The molecule has 8 heteroatoms. The van der Waals surface area contributed by atoms with Gasteiger partial charge in [-0.15, -0.1) is 11.3 Å². The summed E-state index contributed by atoms with van der Waals surface area (Å²) in [5, 5.41) is 5.27. The summed E-state index contributed by atoms with van der Waals surface area (Å²) in [6.45, 7) is 1.71. The van der Waals surface area contributed by atoms with Crippen molar-refractivity contribution in [3.05, 3.63) is 75.1 Å². The minimum Gasteiger partial charge on any atom is -0.322 e. The van der Waals surface area contributed by atoms with Crippen LogP contribution in [0.25, 0.3) is 5.57 Å². The number of benzene rings is 1. The molecule has 148 valence electrons. The van der Waals surface area contributed by atoms with E-state index in [9.17, 15) is 13.2 Å². The van der Waals surface area contributed by atoms with Crippen LogP contribution in [0.1, 0.15) is 28.6 Å². The maximum absolute atomic E-state index is 13.1. The molecule has 0 bridgehead atoms. The van der Waals surface area contributed by atoms with Crippen molar-refractivity contribution in [3.63, 3.8) is 0 Å². The van der Waals surface area contributed by atoms with Crippen LogP contribution in [0.5, 0.6) is 0 Å². The molecule has 28 heavy (non-hydrogen) atoms. The molecule has 3 rings (SSSR count). The topological polar surface area (TPSA) is 66.5 Å². The highest BCUT2D eigenvalue weighted by molar-refractivity contribution is 7.91. The minimum atomic E-state index is -3.63. The average Bonchev–Trinajstić information content (AvgIpc) is 3.19. The highest BCUT2D eigenvalue weighted by Gasteiger charge is 2.45. The number of hydrogen-bond acceptors (Lipinski definition) is 4. The van der Waals surface area contributed by atoms with E-state index in [-0.39, 0.29) is 12.3 Å².